The van der Waals surface area contributed by atoms with Gasteiger partial charge >= 0.3 is 5.97 Å². The Morgan fingerprint density at radius 1 is 0.818 bits per heavy atom. The highest BCUT2D eigenvalue weighted by Crippen LogP contribution is 2.20. The molecule has 6 nitrogen and oxygen atoms in total. The number of ether oxygens (including phenoxy) is 1. The van der Waals surface area contributed by atoms with E-state index >= 15 is 0 Å². The third-order valence-corrected chi connectivity index (χ3v) is 5.26. The van der Waals surface area contributed by atoms with Gasteiger partial charge in [-0.2, -0.15) is 0 Å². The van der Waals surface area contributed by atoms with Crippen molar-refractivity contribution in [3.05, 3.63) is 89.5 Å². The lowest BCUT2D eigenvalue weighted by Crippen LogP contribution is -2.40. The van der Waals surface area contributed by atoms with Crippen molar-refractivity contribution in [2.75, 3.05) is 11.9 Å². The molecule has 6 heteroatoms. The van der Waals surface area contributed by atoms with Gasteiger partial charge in [-0.1, -0.05) is 72.8 Å². The average Bonchev–Trinajstić information content (AvgIpc) is 2.81. The minimum absolute atomic E-state index is 0.0553. The van der Waals surface area contributed by atoms with Gasteiger partial charge in [0.05, 0.1) is 13.0 Å². The van der Waals surface area contributed by atoms with E-state index in [1.165, 1.54) is 6.92 Å². The second-order valence-electron chi connectivity index (χ2n) is 7.90. The van der Waals surface area contributed by atoms with E-state index in [-0.39, 0.29) is 18.9 Å². The van der Waals surface area contributed by atoms with Crippen molar-refractivity contribution in [1.82, 2.24) is 5.32 Å². The number of anilines is 1. The Balaban J connectivity index is 1.45. The molecule has 0 spiro atoms. The van der Waals surface area contributed by atoms with Gasteiger partial charge in [-0.05, 0) is 48.6 Å². The van der Waals surface area contributed by atoms with Crippen LogP contribution < -0.4 is 10.6 Å². The standard InChI is InChI=1S/C27H28N2O4/c1-18-8-7-9-19(2)26(18)29-24(30)17-28-27(32)20(3)33-25(31)16-21-12-14-23(15-13-21)22-10-5-4-6-11-22/h4-15,20H,16-17H2,1-3H3,(H,28,32)(H,29,30). The van der Waals surface area contributed by atoms with Crippen LogP contribution >= 0.6 is 0 Å². The molecule has 3 rings (SSSR count). The number of aryl methyl sites for hydroxylation is 2. The summed E-state index contributed by atoms with van der Waals surface area (Å²) in [6, 6.07) is 23.3. The molecule has 0 aliphatic rings. The van der Waals surface area contributed by atoms with Crippen LogP contribution in [0.4, 0.5) is 5.69 Å². The first kappa shape index (κ1) is 23.7. The number of benzene rings is 3. The number of carbonyl (C=O) groups excluding carboxylic acids is 3. The van der Waals surface area contributed by atoms with Gasteiger partial charge in [0.25, 0.3) is 5.91 Å². The first-order valence-corrected chi connectivity index (χ1v) is 10.8. The zero-order chi connectivity index (χ0) is 23.8. The maximum atomic E-state index is 12.3. The van der Waals surface area contributed by atoms with Crippen LogP contribution in [0.5, 0.6) is 0 Å². The highest BCUT2D eigenvalue weighted by atomic mass is 16.5. The summed E-state index contributed by atoms with van der Waals surface area (Å²) in [5.74, 6) is -1.39. The molecule has 1 unspecified atom stereocenters. The highest BCUT2D eigenvalue weighted by Gasteiger charge is 2.19. The number of carbonyl (C=O) groups is 3. The number of rotatable bonds is 8. The SMILES string of the molecule is Cc1cccc(C)c1NC(=O)CNC(=O)C(C)OC(=O)Cc1ccc(-c2ccccc2)cc1. The number of nitrogens with one attached hydrogen (secondary N) is 2. The van der Waals surface area contributed by atoms with Crippen LogP contribution in [0.1, 0.15) is 23.6 Å². The fourth-order valence-electron chi connectivity index (χ4n) is 3.41. The fraction of sp³-hybridized carbons (Fsp3) is 0.222. The van der Waals surface area contributed by atoms with Gasteiger partial charge in [-0.25, -0.2) is 0 Å². The van der Waals surface area contributed by atoms with Crippen LogP contribution in [-0.4, -0.2) is 30.4 Å². The maximum absolute atomic E-state index is 12.3. The van der Waals surface area contributed by atoms with E-state index in [0.717, 1.165) is 33.5 Å². The molecule has 3 aromatic rings. The molecule has 2 amide bonds. The molecule has 0 aliphatic carbocycles. The Hall–Kier alpha value is -3.93. The monoisotopic (exact) mass is 444 g/mol. The minimum Gasteiger partial charge on any atom is -0.452 e. The van der Waals surface area contributed by atoms with Crippen LogP contribution in [0.25, 0.3) is 11.1 Å². The van der Waals surface area contributed by atoms with E-state index in [1.807, 2.05) is 86.6 Å². The Morgan fingerprint density at radius 3 is 2.06 bits per heavy atom. The number of hydrogen-bond donors (Lipinski definition) is 2. The van der Waals surface area contributed by atoms with Crippen molar-refractivity contribution < 1.29 is 19.1 Å². The summed E-state index contributed by atoms with van der Waals surface area (Å²) in [6.45, 7) is 5.07. The number of hydrogen-bond acceptors (Lipinski definition) is 4. The molecule has 33 heavy (non-hydrogen) atoms. The van der Waals surface area contributed by atoms with Gasteiger partial charge in [0.15, 0.2) is 6.10 Å². The molecule has 1 atom stereocenters. The van der Waals surface area contributed by atoms with Crippen molar-refractivity contribution >= 4 is 23.5 Å². The topological polar surface area (TPSA) is 84.5 Å². The highest BCUT2D eigenvalue weighted by molar-refractivity contribution is 5.96. The van der Waals surface area contributed by atoms with Crippen molar-refractivity contribution in [2.45, 2.75) is 33.3 Å². The van der Waals surface area contributed by atoms with Crippen LogP contribution in [0, 0.1) is 13.8 Å². The maximum Gasteiger partial charge on any atom is 0.311 e. The molecule has 0 aliphatic heterocycles. The minimum atomic E-state index is -1.01. The molecule has 2 N–H and O–H groups in total. The smallest absolute Gasteiger partial charge is 0.311 e. The third-order valence-electron chi connectivity index (χ3n) is 5.26. The predicted molar refractivity (Wildman–Crippen MR) is 129 cm³/mol. The van der Waals surface area contributed by atoms with Crippen LogP contribution in [0.3, 0.4) is 0 Å². The molecule has 0 bridgehead atoms. The van der Waals surface area contributed by atoms with Crippen molar-refractivity contribution in [2.24, 2.45) is 0 Å². The van der Waals surface area contributed by atoms with E-state index in [0.29, 0.717) is 0 Å². The van der Waals surface area contributed by atoms with Crippen molar-refractivity contribution in [1.29, 1.82) is 0 Å². The second-order valence-corrected chi connectivity index (χ2v) is 7.90. The van der Waals surface area contributed by atoms with Gasteiger partial charge in [0.2, 0.25) is 5.91 Å². The third kappa shape index (κ3) is 6.77. The fourth-order valence-corrected chi connectivity index (χ4v) is 3.41. The molecule has 0 fully saturated rings. The summed E-state index contributed by atoms with van der Waals surface area (Å²) in [5, 5.41) is 5.31. The molecular formula is C27H28N2O4. The molecule has 0 saturated heterocycles. The van der Waals surface area contributed by atoms with Gasteiger partial charge in [0.1, 0.15) is 0 Å². The van der Waals surface area contributed by atoms with E-state index in [2.05, 4.69) is 10.6 Å². The molecule has 0 radical (unpaired) electrons. The Labute approximate surface area is 194 Å². The van der Waals surface area contributed by atoms with E-state index < -0.39 is 18.0 Å². The summed E-state index contributed by atoms with van der Waals surface area (Å²) >= 11 is 0. The van der Waals surface area contributed by atoms with Gasteiger partial charge in [-0.15, -0.1) is 0 Å². The van der Waals surface area contributed by atoms with Gasteiger partial charge in [0, 0.05) is 5.69 Å². The first-order valence-electron chi connectivity index (χ1n) is 10.8. The van der Waals surface area contributed by atoms with Crippen LogP contribution in [0.2, 0.25) is 0 Å². The number of amides is 2. The van der Waals surface area contributed by atoms with Crippen molar-refractivity contribution in [3.8, 4) is 11.1 Å². The van der Waals surface area contributed by atoms with E-state index in [4.69, 9.17) is 4.74 Å². The molecule has 170 valence electrons. The lowest BCUT2D eigenvalue weighted by atomic mass is 10.0. The summed E-state index contributed by atoms with van der Waals surface area (Å²) < 4.78 is 5.24. The van der Waals surface area contributed by atoms with Crippen LogP contribution in [-0.2, 0) is 25.5 Å². The molecule has 0 aromatic heterocycles. The molecule has 0 saturated carbocycles. The lowest BCUT2D eigenvalue weighted by molar-refractivity contribution is -0.154. The molecule has 3 aromatic carbocycles. The summed E-state index contributed by atoms with van der Waals surface area (Å²) in [6.07, 6.45) is -0.950. The Bertz CT molecular complexity index is 1100. The van der Waals surface area contributed by atoms with E-state index in [9.17, 15) is 14.4 Å². The molecular weight excluding hydrogens is 416 g/mol. The molecule has 0 heterocycles. The van der Waals surface area contributed by atoms with Crippen LogP contribution in [0.15, 0.2) is 72.8 Å². The summed E-state index contributed by atoms with van der Waals surface area (Å²) in [5.41, 5.74) is 5.55. The zero-order valence-electron chi connectivity index (χ0n) is 19.1. The summed E-state index contributed by atoms with van der Waals surface area (Å²) in [7, 11) is 0. The normalized spacial score (nSPS) is 11.4. The zero-order valence-corrected chi connectivity index (χ0v) is 19.1. The lowest BCUT2D eigenvalue weighted by Gasteiger charge is -2.15. The average molecular weight is 445 g/mol. The number of esters is 1. The largest absolute Gasteiger partial charge is 0.452 e. The number of para-hydroxylation sites is 1. The quantitative estimate of drug-likeness (QED) is 0.510. The Morgan fingerprint density at radius 2 is 1.42 bits per heavy atom. The van der Waals surface area contributed by atoms with Gasteiger partial charge in [-0.3, -0.25) is 14.4 Å². The summed E-state index contributed by atoms with van der Waals surface area (Å²) in [4.78, 5) is 36.7. The van der Waals surface area contributed by atoms with Gasteiger partial charge < -0.3 is 15.4 Å². The first-order chi connectivity index (χ1) is 15.8. The predicted octanol–water partition coefficient (Wildman–Crippen LogP) is 4.20. The second kappa shape index (κ2) is 11.1. The van der Waals surface area contributed by atoms with E-state index in [1.54, 1.807) is 0 Å². The Kier molecular flexibility index (Phi) is 7.97. The van der Waals surface area contributed by atoms with Crippen molar-refractivity contribution in [3.63, 3.8) is 0 Å².